The van der Waals surface area contributed by atoms with Crippen LogP contribution in [-0.2, 0) is 7.05 Å². The van der Waals surface area contributed by atoms with Crippen LogP contribution in [0.3, 0.4) is 0 Å². The molecule has 4 aliphatic rings. The highest BCUT2D eigenvalue weighted by molar-refractivity contribution is 6.11. The van der Waals surface area contributed by atoms with Gasteiger partial charge in [-0.2, -0.15) is 0 Å². The van der Waals surface area contributed by atoms with Crippen molar-refractivity contribution in [2.24, 2.45) is 7.05 Å². The molecule has 4 aliphatic heterocycles. The molecule has 176 valence electrons. The fourth-order valence-electron chi connectivity index (χ4n) is 7.48. The standard InChI is InChI=1S/C30H17N6O2/c1-32-19-8-2-3-9-20(19)35-29(32)17-7-5-11-23-27(17)36(35)28-24(38-23)13-12-22-26(28)34-25-16(6-4-10-21(25)37-22)18-14-31-15-33(36)30(18)34/h2-15H,1H3/q+3. The summed E-state index contributed by atoms with van der Waals surface area (Å²) in [6, 6.07) is 25.3. The molecule has 11 rings (SSSR count). The average Bonchev–Trinajstić information content (AvgIpc) is 3.57. The van der Waals surface area contributed by atoms with Gasteiger partial charge in [-0.3, -0.25) is 0 Å². The van der Waals surface area contributed by atoms with Crippen LogP contribution >= 0.6 is 0 Å². The normalized spacial score (nSPS) is 18.1. The average molecular weight is 494 g/mol. The molecule has 0 bridgehead atoms. The molecule has 1 unspecified atom stereocenters. The van der Waals surface area contributed by atoms with E-state index in [4.69, 9.17) is 14.5 Å². The summed E-state index contributed by atoms with van der Waals surface area (Å²) < 4.78 is 23.0. The van der Waals surface area contributed by atoms with Crippen molar-refractivity contribution in [2.75, 3.05) is 0 Å². The maximum absolute atomic E-state index is 6.70. The Labute approximate surface area is 214 Å². The second-order valence-corrected chi connectivity index (χ2v) is 10.4. The van der Waals surface area contributed by atoms with E-state index in [9.17, 15) is 0 Å². The first-order valence-corrected chi connectivity index (χ1v) is 12.7. The fourth-order valence-corrected chi connectivity index (χ4v) is 7.48. The van der Waals surface area contributed by atoms with E-state index in [0.717, 1.165) is 84.4 Å². The number of rotatable bonds is 0. The van der Waals surface area contributed by atoms with Crippen molar-refractivity contribution in [1.29, 1.82) is 0 Å². The summed E-state index contributed by atoms with van der Waals surface area (Å²) in [4.78, 5) is 4.83. The van der Waals surface area contributed by atoms with Gasteiger partial charge >= 0.3 is 17.2 Å². The van der Waals surface area contributed by atoms with Crippen LogP contribution in [0.15, 0.2) is 85.3 Å². The van der Waals surface area contributed by atoms with E-state index in [1.807, 2.05) is 30.7 Å². The van der Waals surface area contributed by atoms with Crippen molar-refractivity contribution in [1.82, 2.24) is 18.8 Å². The van der Waals surface area contributed by atoms with Crippen LogP contribution < -0.4 is 23.5 Å². The van der Waals surface area contributed by atoms with Gasteiger partial charge in [0.2, 0.25) is 17.0 Å². The Bertz CT molecular complexity index is 2330. The summed E-state index contributed by atoms with van der Waals surface area (Å²) in [5, 5.41) is 2.21. The van der Waals surface area contributed by atoms with E-state index in [2.05, 4.69) is 80.1 Å². The second kappa shape index (κ2) is 5.39. The van der Waals surface area contributed by atoms with Crippen molar-refractivity contribution in [3.05, 3.63) is 85.3 Å². The minimum Gasteiger partial charge on any atom is -0.450 e. The Kier molecular flexibility index (Phi) is 2.57. The molecule has 7 aromatic rings. The van der Waals surface area contributed by atoms with Crippen molar-refractivity contribution < 1.29 is 18.8 Å². The minimum atomic E-state index is 0.278. The zero-order valence-electron chi connectivity index (χ0n) is 20.1. The SMILES string of the molecule is Cn1c2[n+](c3ccccc31)[N+]13c4c(cccc4-2)Oc2ccc4c(c21)-n1c2c(cccc2c2cnc[n+]3c21)O4. The number of para-hydroxylation sites is 4. The quantitative estimate of drug-likeness (QED) is 0.212. The Morgan fingerprint density at radius 1 is 0.789 bits per heavy atom. The molecule has 0 radical (unpaired) electrons. The lowest BCUT2D eigenvalue weighted by Crippen LogP contribution is -2.84. The van der Waals surface area contributed by atoms with Crippen LogP contribution in [0.1, 0.15) is 0 Å². The Morgan fingerprint density at radius 3 is 2.58 bits per heavy atom. The number of aromatic nitrogens is 5. The molecule has 4 aromatic carbocycles. The van der Waals surface area contributed by atoms with Gasteiger partial charge in [0.15, 0.2) is 28.3 Å². The van der Waals surface area contributed by atoms with Crippen molar-refractivity contribution in [3.8, 4) is 40.1 Å². The second-order valence-electron chi connectivity index (χ2n) is 10.4. The third kappa shape index (κ3) is 1.55. The summed E-state index contributed by atoms with van der Waals surface area (Å²) in [5.41, 5.74) is 8.67. The van der Waals surface area contributed by atoms with E-state index < -0.39 is 0 Å². The van der Waals surface area contributed by atoms with Gasteiger partial charge in [-0.15, -0.1) is 4.98 Å². The first kappa shape index (κ1) is 18.1. The largest absolute Gasteiger partial charge is 0.450 e. The zero-order valence-corrected chi connectivity index (χ0v) is 20.1. The number of fused-ring (bicyclic) bond motifs is 5. The van der Waals surface area contributed by atoms with Crippen molar-refractivity contribution in [2.45, 2.75) is 0 Å². The van der Waals surface area contributed by atoms with E-state index in [-0.39, 0.29) is 4.70 Å². The molecular formula is C30H17N6O2+3. The molecule has 0 saturated carbocycles. The van der Waals surface area contributed by atoms with Crippen LogP contribution in [0.2, 0.25) is 0 Å². The number of aryl methyl sites for hydroxylation is 1. The highest BCUT2D eigenvalue weighted by Gasteiger charge is 2.69. The molecule has 8 nitrogen and oxygen atoms in total. The Hall–Kier alpha value is -5.21. The number of ether oxygens (including phenoxy) is 2. The molecule has 0 fully saturated rings. The van der Waals surface area contributed by atoms with Gasteiger partial charge in [0, 0.05) is 5.39 Å². The first-order valence-electron chi connectivity index (χ1n) is 12.7. The number of imidazole rings is 1. The number of benzene rings is 4. The van der Waals surface area contributed by atoms with Gasteiger partial charge in [-0.25, -0.2) is 9.13 Å². The smallest absolute Gasteiger partial charge is 0.351 e. The van der Waals surface area contributed by atoms with Gasteiger partial charge in [0.05, 0.1) is 17.1 Å². The molecule has 0 saturated heterocycles. The summed E-state index contributed by atoms with van der Waals surface area (Å²) >= 11 is 0. The van der Waals surface area contributed by atoms with Crippen LogP contribution in [0, 0.1) is 0 Å². The van der Waals surface area contributed by atoms with E-state index in [1.54, 1.807) is 0 Å². The monoisotopic (exact) mass is 493 g/mol. The van der Waals surface area contributed by atoms with E-state index in [0.29, 0.717) is 0 Å². The molecule has 0 aliphatic carbocycles. The van der Waals surface area contributed by atoms with Gasteiger partial charge < -0.3 is 9.47 Å². The highest BCUT2D eigenvalue weighted by Crippen LogP contribution is 2.62. The molecule has 0 amide bonds. The van der Waals surface area contributed by atoms with Gasteiger partial charge in [-0.1, -0.05) is 30.3 Å². The zero-order chi connectivity index (χ0) is 24.5. The summed E-state index contributed by atoms with van der Waals surface area (Å²) in [5.74, 6) is 4.43. The molecule has 8 heteroatoms. The molecule has 38 heavy (non-hydrogen) atoms. The van der Waals surface area contributed by atoms with Crippen LogP contribution in [-0.4, -0.2) is 14.1 Å². The van der Waals surface area contributed by atoms with Crippen LogP contribution in [0.5, 0.6) is 23.0 Å². The van der Waals surface area contributed by atoms with Crippen LogP contribution in [0.25, 0.3) is 50.0 Å². The third-order valence-electron chi connectivity index (χ3n) is 8.76. The lowest BCUT2D eigenvalue weighted by molar-refractivity contribution is -1.01. The number of nitrogens with zero attached hydrogens (tertiary/aromatic N) is 6. The molecule has 0 N–H and O–H groups in total. The molecule has 3 aromatic heterocycles. The van der Waals surface area contributed by atoms with Gasteiger partial charge in [0.1, 0.15) is 11.8 Å². The summed E-state index contributed by atoms with van der Waals surface area (Å²) in [6.07, 6.45) is 3.94. The van der Waals surface area contributed by atoms with Gasteiger partial charge in [0.25, 0.3) is 12.0 Å². The third-order valence-corrected chi connectivity index (χ3v) is 8.76. The minimum absolute atomic E-state index is 0.278. The highest BCUT2D eigenvalue weighted by atomic mass is 16.5. The number of hydrogen-bond donors (Lipinski definition) is 0. The predicted octanol–water partition coefficient (Wildman–Crippen LogP) is 5.32. The fraction of sp³-hybridized carbons (Fsp3) is 0.0333. The Balaban J connectivity index is 1.52. The topological polar surface area (TPSA) is 49.0 Å². The van der Waals surface area contributed by atoms with Crippen molar-refractivity contribution >= 4 is 44.3 Å². The maximum Gasteiger partial charge on any atom is 0.351 e. The molecule has 1 spiro atoms. The predicted molar refractivity (Wildman–Crippen MR) is 140 cm³/mol. The van der Waals surface area contributed by atoms with E-state index >= 15 is 0 Å². The van der Waals surface area contributed by atoms with Gasteiger partial charge in [-0.05, 0) is 51.8 Å². The van der Waals surface area contributed by atoms with Crippen LogP contribution in [0.4, 0.5) is 11.4 Å². The summed E-state index contributed by atoms with van der Waals surface area (Å²) in [7, 11) is 2.15. The first-order chi connectivity index (χ1) is 18.8. The molecule has 7 heterocycles. The van der Waals surface area contributed by atoms with E-state index in [1.165, 1.54) is 0 Å². The number of quaternary nitrogens is 1. The Morgan fingerprint density at radius 2 is 1.61 bits per heavy atom. The summed E-state index contributed by atoms with van der Waals surface area (Å²) in [6.45, 7) is 0. The van der Waals surface area contributed by atoms with Crippen molar-refractivity contribution in [3.63, 3.8) is 0 Å². The lowest BCUT2D eigenvalue weighted by Gasteiger charge is -2.36. The molecule has 1 atom stereocenters. The lowest BCUT2D eigenvalue weighted by atomic mass is 10.1. The molecular weight excluding hydrogens is 476 g/mol. The number of hydrogen-bond acceptors (Lipinski definition) is 3. The maximum atomic E-state index is 6.70.